The van der Waals surface area contributed by atoms with Crippen LogP contribution in [0.15, 0.2) is 43.0 Å². The second-order valence-corrected chi connectivity index (χ2v) is 5.03. The van der Waals surface area contributed by atoms with Crippen molar-refractivity contribution in [2.75, 3.05) is 5.73 Å². The zero-order valence-corrected chi connectivity index (χ0v) is 10.5. The highest BCUT2D eigenvalue weighted by Gasteiger charge is 2.26. The zero-order valence-electron chi connectivity index (χ0n) is 10.5. The molecule has 0 unspecified atom stereocenters. The predicted molar refractivity (Wildman–Crippen MR) is 75.6 cm³/mol. The van der Waals surface area contributed by atoms with Crippen molar-refractivity contribution in [2.24, 2.45) is 0 Å². The predicted octanol–water partition coefficient (Wildman–Crippen LogP) is 3.02. The number of aromatic nitrogens is 3. The lowest BCUT2D eigenvalue weighted by molar-refractivity contribution is 0.751. The van der Waals surface area contributed by atoms with Crippen LogP contribution in [0.2, 0.25) is 0 Å². The van der Waals surface area contributed by atoms with E-state index in [-0.39, 0.29) is 0 Å². The Balaban J connectivity index is 1.94. The SMILES string of the molecule is Nc1c(-c2cncc3ccccc23)ncn1C1CC1. The summed E-state index contributed by atoms with van der Waals surface area (Å²) in [7, 11) is 0. The smallest absolute Gasteiger partial charge is 0.131 e. The first-order valence-electron chi connectivity index (χ1n) is 6.50. The Hall–Kier alpha value is -2.36. The molecule has 19 heavy (non-hydrogen) atoms. The van der Waals surface area contributed by atoms with Crippen LogP contribution in [0.25, 0.3) is 22.0 Å². The minimum Gasteiger partial charge on any atom is -0.383 e. The van der Waals surface area contributed by atoms with Crippen molar-refractivity contribution >= 4 is 16.6 Å². The van der Waals surface area contributed by atoms with Gasteiger partial charge in [0.1, 0.15) is 11.5 Å². The number of anilines is 1. The van der Waals surface area contributed by atoms with Crippen LogP contribution in [0, 0.1) is 0 Å². The van der Waals surface area contributed by atoms with Gasteiger partial charge in [0.15, 0.2) is 0 Å². The molecule has 0 spiro atoms. The number of nitrogen functional groups attached to an aromatic ring is 1. The molecule has 1 aliphatic carbocycles. The fourth-order valence-corrected chi connectivity index (χ4v) is 2.53. The van der Waals surface area contributed by atoms with E-state index in [0.717, 1.165) is 27.8 Å². The van der Waals surface area contributed by atoms with Gasteiger partial charge < -0.3 is 10.3 Å². The van der Waals surface area contributed by atoms with Crippen LogP contribution in [-0.4, -0.2) is 14.5 Å². The van der Waals surface area contributed by atoms with Gasteiger partial charge in [-0.25, -0.2) is 4.98 Å². The largest absolute Gasteiger partial charge is 0.383 e. The average Bonchev–Trinajstić information content (AvgIpc) is 3.22. The third-order valence-electron chi connectivity index (χ3n) is 3.70. The second-order valence-electron chi connectivity index (χ2n) is 5.03. The molecule has 1 saturated carbocycles. The van der Waals surface area contributed by atoms with E-state index in [4.69, 9.17) is 5.73 Å². The number of benzene rings is 1. The number of nitrogens with zero attached hydrogens (tertiary/aromatic N) is 3. The molecule has 0 atom stereocenters. The highest BCUT2D eigenvalue weighted by Crippen LogP contribution is 2.39. The third kappa shape index (κ3) is 1.60. The van der Waals surface area contributed by atoms with Gasteiger partial charge in [-0.2, -0.15) is 0 Å². The highest BCUT2D eigenvalue weighted by atomic mass is 15.2. The number of imidazole rings is 1. The fourth-order valence-electron chi connectivity index (χ4n) is 2.53. The maximum atomic E-state index is 6.24. The minimum atomic E-state index is 0.546. The minimum absolute atomic E-state index is 0.546. The molecular formula is C15H14N4. The number of pyridine rings is 1. The standard InChI is InChI=1S/C15H14N4/c16-15-14(18-9-19(15)11-5-6-11)13-8-17-7-10-3-1-2-4-12(10)13/h1-4,7-9,11H,5-6,16H2. The molecule has 3 aromatic rings. The van der Waals surface area contributed by atoms with E-state index in [2.05, 4.69) is 26.7 Å². The Labute approximate surface area is 110 Å². The van der Waals surface area contributed by atoms with Crippen molar-refractivity contribution in [3.8, 4) is 11.3 Å². The average molecular weight is 250 g/mol. The normalized spacial score (nSPS) is 14.9. The molecule has 0 amide bonds. The Bertz CT molecular complexity index is 750. The Morgan fingerprint density at radius 3 is 2.84 bits per heavy atom. The van der Waals surface area contributed by atoms with Gasteiger partial charge in [-0.15, -0.1) is 0 Å². The zero-order chi connectivity index (χ0) is 12.8. The maximum Gasteiger partial charge on any atom is 0.131 e. The van der Waals surface area contributed by atoms with Gasteiger partial charge in [-0.05, 0) is 18.2 Å². The number of hydrogen-bond acceptors (Lipinski definition) is 3. The number of hydrogen-bond donors (Lipinski definition) is 1. The van der Waals surface area contributed by atoms with Crippen LogP contribution in [0.1, 0.15) is 18.9 Å². The molecule has 0 aliphatic heterocycles. The molecule has 2 heterocycles. The van der Waals surface area contributed by atoms with Gasteiger partial charge in [0.25, 0.3) is 0 Å². The lowest BCUT2D eigenvalue weighted by Crippen LogP contribution is -1.99. The molecule has 0 saturated heterocycles. The van der Waals surface area contributed by atoms with Crippen LogP contribution < -0.4 is 5.73 Å². The maximum absolute atomic E-state index is 6.24. The molecule has 0 radical (unpaired) electrons. The molecule has 94 valence electrons. The monoisotopic (exact) mass is 250 g/mol. The van der Waals surface area contributed by atoms with E-state index in [9.17, 15) is 0 Å². The van der Waals surface area contributed by atoms with E-state index in [0.29, 0.717) is 6.04 Å². The van der Waals surface area contributed by atoms with E-state index in [1.54, 1.807) is 0 Å². The van der Waals surface area contributed by atoms with E-state index in [1.807, 2.05) is 30.9 Å². The summed E-state index contributed by atoms with van der Waals surface area (Å²) < 4.78 is 2.08. The fraction of sp³-hybridized carbons (Fsp3) is 0.200. The summed E-state index contributed by atoms with van der Waals surface area (Å²) in [6.45, 7) is 0. The lowest BCUT2D eigenvalue weighted by Gasteiger charge is -2.06. The van der Waals surface area contributed by atoms with Crippen molar-refractivity contribution < 1.29 is 0 Å². The first-order valence-corrected chi connectivity index (χ1v) is 6.50. The molecule has 2 aromatic heterocycles. The van der Waals surface area contributed by atoms with Crippen LogP contribution in [0.4, 0.5) is 5.82 Å². The molecule has 1 aromatic carbocycles. The highest BCUT2D eigenvalue weighted by molar-refractivity contribution is 5.96. The first-order chi connectivity index (χ1) is 9.34. The lowest BCUT2D eigenvalue weighted by atomic mass is 10.1. The van der Waals surface area contributed by atoms with Crippen molar-refractivity contribution in [3.05, 3.63) is 43.0 Å². The van der Waals surface area contributed by atoms with Gasteiger partial charge in [-0.3, -0.25) is 4.98 Å². The van der Waals surface area contributed by atoms with Gasteiger partial charge in [-0.1, -0.05) is 24.3 Å². The summed E-state index contributed by atoms with van der Waals surface area (Å²) in [6, 6.07) is 8.73. The van der Waals surface area contributed by atoms with Gasteiger partial charge in [0, 0.05) is 29.4 Å². The topological polar surface area (TPSA) is 56.7 Å². The van der Waals surface area contributed by atoms with E-state index < -0.39 is 0 Å². The second kappa shape index (κ2) is 3.82. The summed E-state index contributed by atoms with van der Waals surface area (Å²) in [4.78, 5) is 8.79. The Morgan fingerprint density at radius 2 is 2.00 bits per heavy atom. The number of nitrogens with two attached hydrogens (primary N) is 1. The first kappa shape index (κ1) is 10.6. The van der Waals surface area contributed by atoms with Crippen LogP contribution >= 0.6 is 0 Å². The molecule has 1 fully saturated rings. The quantitative estimate of drug-likeness (QED) is 0.760. The molecule has 0 bridgehead atoms. The number of fused-ring (bicyclic) bond motifs is 1. The van der Waals surface area contributed by atoms with Crippen molar-refractivity contribution in [1.29, 1.82) is 0 Å². The molecule has 4 heteroatoms. The van der Waals surface area contributed by atoms with Crippen molar-refractivity contribution in [1.82, 2.24) is 14.5 Å². The summed E-state index contributed by atoms with van der Waals surface area (Å²) >= 11 is 0. The van der Waals surface area contributed by atoms with Crippen molar-refractivity contribution in [3.63, 3.8) is 0 Å². The Morgan fingerprint density at radius 1 is 1.16 bits per heavy atom. The van der Waals surface area contributed by atoms with Crippen LogP contribution in [0.5, 0.6) is 0 Å². The van der Waals surface area contributed by atoms with Crippen LogP contribution in [-0.2, 0) is 0 Å². The molecule has 4 nitrogen and oxygen atoms in total. The summed E-state index contributed by atoms with van der Waals surface area (Å²) in [6.07, 6.45) is 7.97. The summed E-state index contributed by atoms with van der Waals surface area (Å²) in [5.74, 6) is 0.751. The van der Waals surface area contributed by atoms with E-state index in [1.165, 1.54) is 12.8 Å². The Kier molecular flexibility index (Phi) is 2.12. The molecule has 4 rings (SSSR count). The van der Waals surface area contributed by atoms with Crippen molar-refractivity contribution in [2.45, 2.75) is 18.9 Å². The molecular weight excluding hydrogens is 236 g/mol. The molecule has 1 aliphatic rings. The third-order valence-corrected chi connectivity index (χ3v) is 3.70. The van der Waals surface area contributed by atoms with Crippen LogP contribution in [0.3, 0.4) is 0 Å². The molecule has 2 N–H and O–H groups in total. The van der Waals surface area contributed by atoms with E-state index >= 15 is 0 Å². The summed E-state index contributed by atoms with van der Waals surface area (Å²) in [5.41, 5.74) is 8.09. The van der Waals surface area contributed by atoms with Gasteiger partial charge >= 0.3 is 0 Å². The summed E-state index contributed by atoms with van der Waals surface area (Å²) in [5, 5.41) is 2.26. The van der Waals surface area contributed by atoms with Gasteiger partial charge in [0.05, 0.1) is 6.33 Å². The number of rotatable bonds is 2. The van der Waals surface area contributed by atoms with Gasteiger partial charge in [0.2, 0.25) is 0 Å².